The third kappa shape index (κ3) is 5.78. The summed E-state index contributed by atoms with van der Waals surface area (Å²) in [6.07, 6.45) is -4.45. The van der Waals surface area contributed by atoms with E-state index in [1.807, 2.05) is 0 Å². The molecule has 32 heavy (non-hydrogen) atoms. The predicted octanol–water partition coefficient (Wildman–Crippen LogP) is 2.79. The molecule has 1 aliphatic heterocycles. The lowest BCUT2D eigenvalue weighted by molar-refractivity contribution is -0.137. The van der Waals surface area contributed by atoms with Crippen molar-refractivity contribution in [3.8, 4) is 0 Å². The number of hydrogen-bond donors (Lipinski definition) is 4. The Bertz CT molecular complexity index is 1060. The SMILES string of the molecule is CC(=O)Nc1ccc(C(=O)NC2SC(Nc3ccc(C(F)(F)F)cc3)=NC2C(N)=O)cc1. The van der Waals surface area contributed by atoms with Crippen LogP contribution in [-0.2, 0) is 15.8 Å². The van der Waals surface area contributed by atoms with Gasteiger partial charge in [-0.25, -0.2) is 4.99 Å². The average molecular weight is 465 g/mol. The third-order valence-corrected chi connectivity index (χ3v) is 5.34. The van der Waals surface area contributed by atoms with E-state index in [9.17, 15) is 27.6 Å². The van der Waals surface area contributed by atoms with Gasteiger partial charge in [-0.1, -0.05) is 11.8 Å². The molecule has 3 amide bonds. The molecular formula is C20H18F3N5O3S. The van der Waals surface area contributed by atoms with Crippen molar-refractivity contribution < 1.29 is 27.6 Å². The van der Waals surface area contributed by atoms with Crippen LogP contribution in [0.25, 0.3) is 0 Å². The summed E-state index contributed by atoms with van der Waals surface area (Å²) in [5.74, 6) is -1.51. The van der Waals surface area contributed by atoms with Crippen molar-refractivity contribution in [2.24, 2.45) is 10.7 Å². The average Bonchev–Trinajstić information content (AvgIpc) is 3.10. The molecule has 0 radical (unpaired) electrons. The normalized spacial score (nSPS) is 17.9. The smallest absolute Gasteiger partial charge is 0.368 e. The maximum absolute atomic E-state index is 12.7. The van der Waals surface area contributed by atoms with E-state index in [1.165, 1.54) is 31.2 Å². The second-order valence-corrected chi connectivity index (χ2v) is 7.88. The maximum atomic E-state index is 12.7. The van der Waals surface area contributed by atoms with E-state index in [-0.39, 0.29) is 16.6 Å². The van der Waals surface area contributed by atoms with Crippen LogP contribution in [0.5, 0.6) is 0 Å². The Hall–Kier alpha value is -3.54. The van der Waals surface area contributed by atoms with E-state index >= 15 is 0 Å². The quantitative estimate of drug-likeness (QED) is 0.540. The highest BCUT2D eigenvalue weighted by Crippen LogP contribution is 2.31. The first-order valence-electron chi connectivity index (χ1n) is 9.19. The number of benzene rings is 2. The highest BCUT2D eigenvalue weighted by Gasteiger charge is 2.36. The van der Waals surface area contributed by atoms with Crippen LogP contribution >= 0.6 is 11.8 Å². The molecule has 0 aromatic heterocycles. The molecule has 1 aliphatic rings. The van der Waals surface area contributed by atoms with Crippen LogP contribution < -0.4 is 21.7 Å². The van der Waals surface area contributed by atoms with Crippen LogP contribution in [0, 0.1) is 0 Å². The minimum absolute atomic E-state index is 0.222. The number of nitrogens with zero attached hydrogens (tertiary/aromatic N) is 1. The number of rotatable bonds is 5. The molecule has 2 unspecified atom stereocenters. The highest BCUT2D eigenvalue weighted by atomic mass is 32.2. The molecule has 12 heteroatoms. The molecule has 0 fully saturated rings. The molecule has 1 heterocycles. The lowest BCUT2D eigenvalue weighted by atomic mass is 10.2. The van der Waals surface area contributed by atoms with Gasteiger partial charge in [-0.2, -0.15) is 13.2 Å². The third-order valence-electron chi connectivity index (χ3n) is 4.28. The van der Waals surface area contributed by atoms with Gasteiger partial charge in [0.25, 0.3) is 5.91 Å². The summed E-state index contributed by atoms with van der Waals surface area (Å²) in [5.41, 5.74) is 5.72. The molecule has 3 rings (SSSR count). The molecule has 2 aromatic carbocycles. The molecule has 168 valence electrons. The summed E-state index contributed by atoms with van der Waals surface area (Å²) in [6.45, 7) is 1.36. The first-order valence-corrected chi connectivity index (χ1v) is 10.1. The van der Waals surface area contributed by atoms with Crippen LogP contribution in [0.15, 0.2) is 53.5 Å². The number of nitrogens with one attached hydrogen (secondary N) is 3. The number of anilines is 2. The summed E-state index contributed by atoms with van der Waals surface area (Å²) in [7, 11) is 0. The van der Waals surface area contributed by atoms with Gasteiger partial charge in [0.05, 0.1) is 5.56 Å². The van der Waals surface area contributed by atoms with Gasteiger partial charge in [0.1, 0.15) is 5.37 Å². The number of halogens is 3. The summed E-state index contributed by atoms with van der Waals surface area (Å²) in [4.78, 5) is 39.6. The number of carbonyl (C=O) groups excluding carboxylic acids is 3. The largest absolute Gasteiger partial charge is 0.416 e. The van der Waals surface area contributed by atoms with Crippen LogP contribution in [0.2, 0.25) is 0 Å². The van der Waals surface area contributed by atoms with Crippen molar-refractivity contribution in [3.63, 3.8) is 0 Å². The summed E-state index contributed by atoms with van der Waals surface area (Å²) in [5, 5.41) is 7.47. The number of aliphatic imine (C=N–C) groups is 1. The number of primary amides is 1. The maximum Gasteiger partial charge on any atom is 0.416 e. The number of alkyl halides is 3. The molecule has 0 aliphatic carbocycles. The molecule has 5 N–H and O–H groups in total. The Morgan fingerprint density at radius 2 is 1.59 bits per heavy atom. The van der Waals surface area contributed by atoms with Gasteiger partial charge in [0.15, 0.2) is 11.2 Å². The zero-order valence-corrected chi connectivity index (χ0v) is 17.4. The highest BCUT2D eigenvalue weighted by molar-refractivity contribution is 8.15. The molecule has 0 saturated carbocycles. The van der Waals surface area contributed by atoms with Crippen molar-refractivity contribution in [1.82, 2.24) is 5.32 Å². The number of amidine groups is 1. The van der Waals surface area contributed by atoms with Crippen LogP contribution in [0.3, 0.4) is 0 Å². The van der Waals surface area contributed by atoms with E-state index in [0.717, 1.165) is 23.9 Å². The van der Waals surface area contributed by atoms with Crippen molar-refractivity contribution in [2.75, 3.05) is 10.6 Å². The lowest BCUT2D eigenvalue weighted by Crippen LogP contribution is -2.44. The standard InChI is InChI=1S/C20H18F3N5O3S/c1-10(29)25-13-6-2-11(3-7-13)17(31)28-18-15(16(24)30)27-19(32-18)26-14-8-4-12(5-9-14)20(21,22)23/h2-9,15,18H,1H3,(H2,24,30)(H,25,29)(H,26,27)(H,28,31). The van der Waals surface area contributed by atoms with E-state index in [4.69, 9.17) is 5.73 Å². The number of nitrogens with two attached hydrogens (primary N) is 1. The first kappa shape index (κ1) is 23.1. The van der Waals surface area contributed by atoms with Gasteiger partial charge in [-0.05, 0) is 48.5 Å². The van der Waals surface area contributed by atoms with Gasteiger partial charge in [-0.15, -0.1) is 0 Å². The minimum atomic E-state index is -4.45. The molecule has 8 nitrogen and oxygen atoms in total. The van der Waals surface area contributed by atoms with Gasteiger partial charge in [-0.3, -0.25) is 14.4 Å². The predicted molar refractivity (Wildman–Crippen MR) is 115 cm³/mol. The number of amides is 3. The Morgan fingerprint density at radius 1 is 1.00 bits per heavy atom. The Morgan fingerprint density at radius 3 is 2.12 bits per heavy atom. The minimum Gasteiger partial charge on any atom is -0.368 e. The van der Waals surface area contributed by atoms with E-state index in [1.54, 1.807) is 12.1 Å². The van der Waals surface area contributed by atoms with E-state index < -0.39 is 35.0 Å². The molecule has 0 spiro atoms. The van der Waals surface area contributed by atoms with Gasteiger partial charge < -0.3 is 21.7 Å². The molecule has 0 bridgehead atoms. The topological polar surface area (TPSA) is 126 Å². The van der Waals surface area contributed by atoms with Crippen molar-refractivity contribution in [3.05, 3.63) is 59.7 Å². The fourth-order valence-corrected chi connectivity index (χ4v) is 3.86. The summed E-state index contributed by atoms with van der Waals surface area (Å²) >= 11 is 1.01. The fraction of sp³-hybridized carbons (Fsp3) is 0.200. The number of carbonyl (C=O) groups is 3. The number of hydrogen-bond acceptors (Lipinski definition) is 6. The van der Waals surface area contributed by atoms with Crippen LogP contribution in [-0.4, -0.2) is 34.3 Å². The Labute approximate surface area is 184 Å². The summed E-state index contributed by atoms with van der Waals surface area (Å²) in [6, 6.07) is 9.33. The number of thioether (sulfide) groups is 1. The molecular weight excluding hydrogens is 447 g/mol. The Kier molecular flexibility index (Phi) is 6.72. The molecule has 2 atom stereocenters. The van der Waals surface area contributed by atoms with Crippen molar-refractivity contribution in [2.45, 2.75) is 24.5 Å². The van der Waals surface area contributed by atoms with Gasteiger partial charge >= 0.3 is 6.18 Å². The monoisotopic (exact) mass is 465 g/mol. The second kappa shape index (κ2) is 9.30. The first-order chi connectivity index (χ1) is 15.0. The van der Waals surface area contributed by atoms with Gasteiger partial charge in [0, 0.05) is 23.9 Å². The molecule has 2 aromatic rings. The van der Waals surface area contributed by atoms with Gasteiger partial charge in [0.2, 0.25) is 11.8 Å². The fourth-order valence-electron chi connectivity index (χ4n) is 2.78. The van der Waals surface area contributed by atoms with Crippen molar-refractivity contribution >= 4 is 46.0 Å². The molecule has 0 saturated heterocycles. The zero-order valence-electron chi connectivity index (χ0n) is 16.6. The zero-order chi connectivity index (χ0) is 23.5. The van der Waals surface area contributed by atoms with E-state index in [0.29, 0.717) is 11.4 Å². The van der Waals surface area contributed by atoms with Crippen LogP contribution in [0.4, 0.5) is 24.5 Å². The lowest BCUT2D eigenvalue weighted by Gasteiger charge is -2.16. The Balaban J connectivity index is 1.66. The van der Waals surface area contributed by atoms with E-state index in [2.05, 4.69) is 20.9 Å². The summed E-state index contributed by atoms with van der Waals surface area (Å²) < 4.78 is 38.1. The van der Waals surface area contributed by atoms with Crippen molar-refractivity contribution in [1.29, 1.82) is 0 Å². The van der Waals surface area contributed by atoms with Crippen LogP contribution in [0.1, 0.15) is 22.8 Å². The second-order valence-electron chi connectivity index (χ2n) is 6.75.